The zero-order valence-electron chi connectivity index (χ0n) is 9.40. The molecule has 84 valence electrons. The van der Waals surface area contributed by atoms with Gasteiger partial charge in [0.15, 0.2) is 0 Å². The number of hydrogen-bond donors (Lipinski definition) is 2. The van der Waals surface area contributed by atoms with E-state index in [4.69, 9.17) is 15.0 Å². The van der Waals surface area contributed by atoms with Gasteiger partial charge < -0.3 is 10.2 Å². The summed E-state index contributed by atoms with van der Waals surface area (Å²) in [6.45, 7) is 5.42. The molecule has 0 aliphatic carbocycles. The van der Waals surface area contributed by atoms with Crippen LogP contribution in [0.15, 0.2) is 24.3 Å². The summed E-state index contributed by atoms with van der Waals surface area (Å²) in [6, 6.07) is 7.44. The second-order valence-electron chi connectivity index (χ2n) is 3.79. The van der Waals surface area contributed by atoms with Crippen LogP contribution in [0, 0.1) is 5.92 Å². The first-order chi connectivity index (χ1) is 6.91. The third-order valence-corrected chi connectivity index (χ3v) is 1.55. The Hall–Kier alpha value is -1.51. The van der Waals surface area contributed by atoms with Crippen molar-refractivity contribution in [2.45, 2.75) is 27.2 Å². The predicted octanol–water partition coefficient (Wildman–Crippen LogP) is 2.68. The first-order valence-electron chi connectivity index (χ1n) is 4.89. The number of phenols is 1. The van der Waals surface area contributed by atoms with Gasteiger partial charge in [0.25, 0.3) is 5.97 Å². The number of hydrogen-bond acceptors (Lipinski definition) is 2. The van der Waals surface area contributed by atoms with Crippen molar-refractivity contribution >= 4 is 5.97 Å². The topological polar surface area (TPSA) is 57.5 Å². The number of carboxylic acids is 1. The molecule has 0 aliphatic heterocycles. The van der Waals surface area contributed by atoms with Gasteiger partial charge in [-0.1, -0.05) is 26.0 Å². The molecule has 0 aromatic heterocycles. The van der Waals surface area contributed by atoms with Crippen molar-refractivity contribution < 1.29 is 15.0 Å². The molecule has 0 heterocycles. The Labute approximate surface area is 90.4 Å². The average molecular weight is 210 g/mol. The maximum atomic E-state index is 9.13. The fourth-order valence-corrected chi connectivity index (χ4v) is 1.15. The lowest BCUT2D eigenvalue weighted by Crippen LogP contribution is -1.92. The molecule has 3 nitrogen and oxygen atoms in total. The van der Waals surface area contributed by atoms with E-state index in [1.807, 2.05) is 18.2 Å². The van der Waals surface area contributed by atoms with Crippen LogP contribution < -0.4 is 0 Å². The monoisotopic (exact) mass is 210 g/mol. The van der Waals surface area contributed by atoms with Crippen LogP contribution in [-0.2, 0) is 11.2 Å². The highest BCUT2D eigenvalue weighted by atomic mass is 16.4. The van der Waals surface area contributed by atoms with E-state index in [1.54, 1.807) is 6.07 Å². The Bertz CT molecular complexity index is 301. The molecule has 0 bridgehead atoms. The Morgan fingerprint density at radius 1 is 1.40 bits per heavy atom. The summed E-state index contributed by atoms with van der Waals surface area (Å²) < 4.78 is 0. The standard InChI is InChI=1S/C10H14O.C2H4O2/c1-8(2)6-9-4-3-5-10(11)7-9;1-2(3)4/h3-5,7-8,11H,6H2,1-2H3;1H3,(H,3,4). The molecule has 0 aliphatic rings. The number of benzene rings is 1. The SMILES string of the molecule is CC(=O)O.CC(C)Cc1cccc(O)c1. The zero-order valence-corrected chi connectivity index (χ0v) is 9.40. The van der Waals surface area contributed by atoms with E-state index in [-0.39, 0.29) is 0 Å². The van der Waals surface area contributed by atoms with Gasteiger partial charge >= 0.3 is 0 Å². The summed E-state index contributed by atoms with van der Waals surface area (Å²) in [5, 5.41) is 16.5. The smallest absolute Gasteiger partial charge is 0.300 e. The number of rotatable bonds is 2. The van der Waals surface area contributed by atoms with E-state index in [9.17, 15) is 0 Å². The molecule has 0 saturated heterocycles. The van der Waals surface area contributed by atoms with Crippen LogP contribution in [0.1, 0.15) is 26.3 Å². The minimum atomic E-state index is -0.833. The summed E-state index contributed by atoms with van der Waals surface area (Å²) in [5.74, 6) is 0.181. The summed E-state index contributed by atoms with van der Waals surface area (Å²) in [4.78, 5) is 9.00. The summed E-state index contributed by atoms with van der Waals surface area (Å²) >= 11 is 0. The van der Waals surface area contributed by atoms with Crippen molar-refractivity contribution in [2.24, 2.45) is 5.92 Å². The Balaban J connectivity index is 0.000000423. The predicted molar refractivity (Wildman–Crippen MR) is 60.0 cm³/mol. The van der Waals surface area contributed by atoms with Gasteiger partial charge in [0, 0.05) is 6.92 Å². The highest BCUT2D eigenvalue weighted by Gasteiger charge is 1.97. The molecule has 2 N–H and O–H groups in total. The van der Waals surface area contributed by atoms with Crippen LogP contribution in [0.5, 0.6) is 5.75 Å². The number of carboxylic acid groups (broad SMARTS) is 1. The average Bonchev–Trinajstić information content (AvgIpc) is 2.00. The first-order valence-corrected chi connectivity index (χ1v) is 4.89. The van der Waals surface area contributed by atoms with Crippen LogP contribution in [0.3, 0.4) is 0 Å². The molecule has 3 heteroatoms. The van der Waals surface area contributed by atoms with Crippen LogP contribution >= 0.6 is 0 Å². The molecule has 0 unspecified atom stereocenters. The van der Waals surface area contributed by atoms with Gasteiger partial charge in [0.05, 0.1) is 0 Å². The van der Waals surface area contributed by atoms with Crippen molar-refractivity contribution in [3.05, 3.63) is 29.8 Å². The molecule has 15 heavy (non-hydrogen) atoms. The van der Waals surface area contributed by atoms with Crippen molar-refractivity contribution in [2.75, 3.05) is 0 Å². The van der Waals surface area contributed by atoms with E-state index in [2.05, 4.69) is 13.8 Å². The second kappa shape index (κ2) is 6.87. The molecular weight excluding hydrogens is 192 g/mol. The molecule has 1 aromatic carbocycles. The third-order valence-electron chi connectivity index (χ3n) is 1.55. The summed E-state index contributed by atoms with van der Waals surface area (Å²) in [6.07, 6.45) is 1.04. The minimum absolute atomic E-state index is 0.364. The van der Waals surface area contributed by atoms with E-state index >= 15 is 0 Å². The van der Waals surface area contributed by atoms with Crippen molar-refractivity contribution in [1.82, 2.24) is 0 Å². The van der Waals surface area contributed by atoms with Crippen molar-refractivity contribution in [1.29, 1.82) is 0 Å². The van der Waals surface area contributed by atoms with E-state index in [0.717, 1.165) is 13.3 Å². The van der Waals surface area contributed by atoms with E-state index in [1.165, 1.54) is 5.56 Å². The van der Waals surface area contributed by atoms with Crippen LogP contribution in [-0.4, -0.2) is 16.2 Å². The second-order valence-corrected chi connectivity index (χ2v) is 3.79. The van der Waals surface area contributed by atoms with Crippen LogP contribution in [0.2, 0.25) is 0 Å². The van der Waals surface area contributed by atoms with Gasteiger partial charge in [0.1, 0.15) is 5.75 Å². The first kappa shape index (κ1) is 13.5. The zero-order chi connectivity index (χ0) is 11.8. The Morgan fingerprint density at radius 3 is 2.33 bits per heavy atom. The van der Waals surface area contributed by atoms with Gasteiger partial charge in [-0.3, -0.25) is 4.79 Å². The lowest BCUT2D eigenvalue weighted by atomic mass is 10.0. The number of aliphatic carboxylic acids is 1. The van der Waals surface area contributed by atoms with Gasteiger partial charge in [-0.15, -0.1) is 0 Å². The van der Waals surface area contributed by atoms with Crippen LogP contribution in [0.25, 0.3) is 0 Å². The molecule has 0 fully saturated rings. The quantitative estimate of drug-likeness (QED) is 0.789. The fraction of sp³-hybridized carbons (Fsp3) is 0.417. The summed E-state index contributed by atoms with van der Waals surface area (Å²) in [5.41, 5.74) is 1.21. The minimum Gasteiger partial charge on any atom is -0.508 e. The number of aromatic hydroxyl groups is 1. The normalized spacial score (nSPS) is 9.33. The maximum Gasteiger partial charge on any atom is 0.300 e. The lowest BCUT2D eigenvalue weighted by Gasteiger charge is -2.04. The molecule has 0 spiro atoms. The van der Waals surface area contributed by atoms with Crippen molar-refractivity contribution in [3.8, 4) is 5.75 Å². The van der Waals surface area contributed by atoms with Crippen molar-refractivity contribution in [3.63, 3.8) is 0 Å². The highest BCUT2D eigenvalue weighted by molar-refractivity contribution is 5.62. The molecule has 0 atom stereocenters. The largest absolute Gasteiger partial charge is 0.508 e. The third kappa shape index (κ3) is 8.81. The molecule has 0 radical (unpaired) electrons. The fourth-order valence-electron chi connectivity index (χ4n) is 1.15. The molecule has 0 amide bonds. The van der Waals surface area contributed by atoms with Crippen LogP contribution in [0.4, 0.5) is 0 Å². The van der Waals surface area contributed by atoms with Gasteiger partial charge in [-0.25, -0.2) is 0 Å². The van der Waals surface area contributed by atoms with E-state index < -0.39 is 5.97 Å². The number of carbonyl (C=O) groups is 1. The number of phenolic OH excluding ortho intramolecular Hbond substituents is 1. The Morgan fingerprint density at radius 2 is 1.93 bits per heavy atom. The van der Waals surface area contributed by atoms with E-state index in [0.29, 0.717) is 11.7 Å². The molecule has 1 rings (SSSR count). The maximum absolute atomic E-state index is 9.13. The van der Waals surface area contributed by atoms with Gasteiger partial charge in [-0.05, 0) is 30.0 Å². The molecule has 1 aromatic rings. The molecular formula is C12H18O3. The summed E-state index contributed by atoms with van der Waals surface area (Å²) in [7, 11) is 0. The van der Waals surface area contributed by atoms with Gasteiger partial charge in [0.2, 0.25) is 0 Å². The Kier molecular flexibility index (Phi) is 6.18. The lowest BCUT2D eigenvalue weighted by molar-refractivity contribution is -0.134. The highest BCUT2D eigenvalue weighted by Crippen LogP contribution is 2.13. The molecule has 0 saturated carbocycles. The van der Waals surface area contributed by atoms with Gasteiger partial charge in [-0.2, -0.15) is 0 Å².